The van der Waals surface area contributed by atoms with Crippen molar-refractivity contribution in [1.29, 1.82) is 0 Å². The SMILES string of the molecule is CC1C=C(N2CCN(C)CC2)C=CC1. The van der Waals surface area contributed by atoms with Gasteiger partial charge in [0.1, 0.15) is 0 Å². The molecule has 2 aliphatic rings. The summed E-state index contributed by atoms with van der Waals surface area (Å²) in [6.45, 7) is 7.04. The minimum Gasteiger partial charge on any atom is -0.369 e. The Morgan fingerprint density at radius 3 is 2.57 bits per heavy atom. The van der Waals surface area contributed by atoms with Crippen LogP contribution in [0.3, 0.4) is 0 Å². The summed E-state index contributed by atoms with van der Waals surface area (Å²) in [6.07, 6.45) is 8.20. The molecule has 2 heteroatoms. The van der Waals surface area contributed by atoms with E-state index in [4.69, 9.17) is 0 Å². The molecule has 0 aromatic carbocycles. The number of rotatable bonds is 1. The summed E-state index contributed by atoms with van der Waals surface area (Å²) in [5, 5.41) is 0. The van der Waals surface area contributed by atoms with Crippen molar-refractivity contribution in [3.8, 4) is 0 Å². The van der Waals surface area contributed by atoms with Gasteiger partial charge in [-0.15, -0.1) is 0 Å². The van der Waals surface area contributed by atoms with Crippen LogP contribution in [0.4, 0.5) is 0 Å². The minimum absolute atomic E-state index is 0.717. The van der Waals surface area contributed by atoms with Crippen LogP contribution in [0.2, 0.25) is 0 Å². The van der Waals surface area contributed by atoms with E-state index in [1.54, 1.807) is 0 Å². The molecule has 2 nitrogen and oxygen atoms in total. The van der Waals surface area contributed by atoms with Crippen LogP contribution in [0.25, 0.3) is 0 Å². The number of hydrogen-bond acceptors (Lipinski definition) is 2. The van der Waals surface area contributed by atoms with E-state index >= 15 is 0 Å². The van der Waals surface area contributed by atoms with Crippen LogP contribution in [-0.2, 0) is 0 Å². The summed E-state index contributed by atoms with van der Waals surface area (Å²) in [4.78, 5) is 4.90. The maximum absolute atomic E-state index is 2.51. The fourth-order valence-electron chi connectivity index (χ4n) is 2.09. The second-order valence-electron chi connectivity index (χ2n) is 4.50. The van der Waals surface area contributed by atoms with Crippen LogP contribution in [0.15, 0.2) is 23.9 Å². The molecule has 0 saturated carbocycles. The molecule has 0 radical (unpaired) electrons. The first-order valence-corrected chi connectivity index (χ1v) is 5.57. The predicted molar refractivity (Wildman–Crippen MR) is 60.1 cm³/mol. The van der Waals surface area contributed by atoms with Gasteiger partial charge in [-0.1, -0.05) is 19.1 Å². The Labute approximate surface area is 86.9 Å². The molecule has 2 rings (SSSR count). The second-order valence-corrected chi connectivity index (χ2v) is 4.50. The van der Waals surface area contributed by atoms with Gasteiger partial charge in [-0.3, -0.25) is 0 Å². The lowest BCUT2D eigenvalue weighted by Crippen LogP contribution is -2.43. The lowest BCUT2D eigenvalue weighted by molar-refractivity contribution is 0.189. The number of piperazine rings is 1. The Kier molecular flexibility index (Phi) is 2.92. The van der Waals surface area contributed by atoms with Crippen LogP contribution >= 0.6 is 0 Å². The fraction of sp³-hybridized carbons (Fsp3) is 0.667. The van der Waals surface area contributed by atoms with Gasteiger partial charge in [0.05, 0.1) is 0 Å². The van der Waals surface area contributed by atoms with Gasteiger partial charge < -0.3 is 9.80 Å². The normalized spacial score (nSPS) is 29.1. The monoisotopic (exact) mass is 192 g/mol. The van der Waals surface area contributed by atoms with Crippen molar-refractivity contribution in [3.05, 3.63) is 23.9 Å². The van der Waals surface area contributed by atoms with Crippen molar-refractivity contribution in [2.24, 2.45) is 5.92 Å². The van der Waals surface area contributed by atoms with Crippen LogP contribution in [-0.4, -0.2) is 43.0 Å². The van der Waals surface area contributed by atoms with E-state index in [1.807, 2.05) is 0 Å². The second kappa shape index (κ2) is 4.18. The van der Waals surface area contributed by atoms with Crippen molar-refractivity contribution >= 4 is 0 Å². The van der Waals surface area contributed by atoms with Crippen LogP contribution in [0.1, 0.15) is 13.3 Å². The smallest absolute Gasteiger partial charge is 0.0326 e. The summed E-state index contributed by atoms with van der Waals surface area (Å²) in [6, 6.07) is 0. The fourth-order valence-corrected chi connectivity index (χ4v) is 2.09. The highest BCUT2D eigenvalue weighted by Crippen LogP contribution is 2.19. The topological polar surface area (TPSA) is 6.48 Å². The molecule has 0 spiro atoms. The van der Waals surface area contributed by atoms with E-state index in [2.05, 4.69) is 42.0 Å². The largest absolute Gasteiger partial charge is 0.369 e. The summed E-state index contributed by atoms with van der Waals surface area (Å²) in [5.41, 5.74) is 1.44. The zero-order valence-corrected chi connectivity index (χ0v) is 9.24. The van der Waals surface area contributed by atoms with Gasteiger partial charge in [-0.2, -0.15) is 0 Å². The molecule has 0 aromatic heterocycles. The Balaban J connectivity index is 1.98. The molecule has 1 fully saturated rings. The van der Waals surface area contributed by atoms with E-state index in [0.717, 1.165) is 5.92 Å². The average molecular weight is 192 g/mol. The van der Waals surface area contributed by atoms with Crippen LogP contribution in [0.5, 0.6) is 0 Å². The predicted octanol–water partition coefficient (Wildman–Crippen LogP) is 1.71. The van der Waals surface area contributed by atoms with Crippen molar-refractivity contribution < 1.29 is 0 Å². The molecule has 1 aliphatic heterocycles. The van der Waals surface area contributed by atoms with Gasteiger partial charge in [0, 0.05) is 31.9 Å². The van der Waals surface area contributed by atoms with Crippen LogP contribution < -0.4 is 0 Å². The van der Waals surface area contributed by atoms with Crippen molar-refractivity contribution in [1.82, 2.24) is 9.80 Å². The molecular weight excluding hydrogens is 172 g/mol. The highest BCUT2D eigenvalue weighted by molar-refractivity contribution is 5.23. The highest BCUT2D eigenvalue weighted by atomic mass is 15.2. The number of nitrogens with zero attached hydrogens (tertiary/aromatic N) is 2. The first-order chi connectivity index (χ1) is 6.75. The Morgan fingerprint density at radius 2 is 1.93 bits per heavy atom. The van der Waals surface area contributed by atoms with Crippen LogP contribution in [0, 0.1) is 5.92 Å². The van der Waals surface area contributed by atoms with Crippen molar-refractivity contribution in [2.75, 3.05) is 33.2 Å². The molecule has 1 unspecified atom stereocenters. The highest BCUT2D eigenvalue weighted by Gasteiger charge is 2.16. The molecule has 0 N–H and O–H groups in total. The molecule has 1 saturated heterocycles. The number of allylic oxidation sites excluding steroid dienone is 3. The molecular formula is C12H20N2. The van der Waals surface area contributed by atoms with E-state index in [9.17, 15) is 0 Å². The molecule has 14 heavy (non-hydrogen) atoms. The van der Waals surface area contributed by atoms with E-state index in [1.165, 1.54) is 38.3 Å². The lowest BCUT2D eigenvalue weighted by atomic mass is 10.0. The molecule has 0 bridgehead atoms. The summed E-state index contributed by atoms with van der Waals surface area (Å²) in [5.74, 6) is 0.717. The third-order valence-electron chi connectivity index (χ3n) is 3.12. The van der Waals surface area contributed by atoms with E-state index in [-0.39, 0.29) is 0 Å². The number of likely N-dealkylation sites (N-methyl/N-ethyl adjacent to an activating group) is 1. The standard InChI is InChI=1S/C12H20N2/c1-11-4-3-5-12(10-11)14-8-6-13(2)7-9-14/h3,5,10-11H,4,6-9H2,1-2H3. The minimum atomic E-state index is 0.717. The van der Waals surface area contributed by atoms with Crippen molar-refractivity contribution in [2.45, 2.75) is 13.3 Å². The van der Waals surface area contributed by atoms with Gasteiger partial charge >= 0.3 is 0 Å². The molecule has 0 amide bonds. The first-order valence-electron chi connectivity index (χ1n) is 5.57. The Morgan fingerprint density at radius 1 is 1.21 bits per heavy atom. The zero-order valence-electron chi connectivity index (χ0n) is 9.24. The summed E-state index contributed by atoms with van der Waals surface area (Å²) < 4.78 is 0. The molecule has 78 valence electrons. The van der Waals surface area contributed by atoms with E-state index < -0.39 is 0 Å². The molecule has 1 heterocycles. The van der Waals surface area contributed by atoms with Gasteiger partial charge in [0.25, 0.3) is 0 Å². The maximum Gasteiger partial charge on any atom is 0.0326 e. The van der Waals surface area contributed by atoms with Gasteiger partial charge in [0.2, 0.25) is 0 Å². The van der Waals surface area contributed by atoms with E-state index in [0.29, 0.717) is 0 Å². The average Bonchev–Trinajstić information content (AvgIpc) is 2.19. The molecule has 1 aliphatic carbocycles. The summed E-state index contributed by atoms with van der Waals surface area (Å²) >= 11 is 0. The summed E-state index contributed by atoms with van der Waals surface area (Å²) in [7, 11) is 2.20. The maximum atomic E-state index is 2.51. The lowest BCUT2D eigenvalue weighted by Gasteiger charge is -2.35. The zero-order chi connectivity index (χ0) is 9.97. The Hall–Kier alpha value is -0.760. The Bertz CT molecular complexity index is 247. The third-order valence-corrected chi connectivity index (χ3v) is 3.12. The van der Waals surface area contributed by atoms with Gasteiger partial charge in [-0.05, 0) is 25.5 Å². The van der Waals surface area contributed by atoms with Gasteiger partial charge in [-0.25, -0.2) is 0 Å². The first kappa shape index (κ1) is 9.78. The number of hydrogen-bond donors (Lipinski definition) is 0. The van der Waals surface area contributed by atoms with Crippen molar-refractivity contribution in [3.63, 3.8) is 0 Å². The third kappa shape index (κ3) is 2.18. The van der Waals surface area contributed by atoms with Gasteiger partial charge in [0.15, 0.2) is 0 Å². The quantitative estimate of drug-likeness (QED) is 0.624. The molecule has 1 atom stereocenters. The molecule has 0 aromatic rings.